The van der Waals surface area contributed by atoms with Crippen molar-refractivity contribution in [1.29, 1.82) is 5.26 Å². The number of thioether (sulfide) groups is 1. The quantitative estimate of drug-likeness (QED) is 0.394. The molecule has 3 aromatic heterocycles. The van der Waals surface area contributed by atoms with Gasteiger partial charge in [-0.2, -0.15) is 5.26 Å². The number of aryl methyl sites for hydroxylation is 1. The number of furan rings is 1. The van der Waals surface area contributed by atoms with E-state index < -0.39 is 5.92 Å². The Bertz CT molecular complexity index is 1170. The second-order valence-corrected chi connectivity index (χ2v) is 7.83. The zero-order valence-corrected chi connectivity index (χ0v) is 16.9. The standard InChI is InChI=1S/C20H14N4O3S2/c1-12-14(7-8-26-12)18-23-24-20(27-18)29-11-17(25)15(9-21)19-22-16(10-28-19)13-5-3-2-4-6-13/h2-8,10,15H,11H2,1H3. The fourth-order valence-electron chi connectivity index (χ4n) is 2.63. The van der Waals surface area contributed by atoms with Crippen LogP contribution in [0.4, 0.5) is 0 Å². The smallest absolute Gasteiger partial charge is 0.277 e. The minimum atomic E-state index is -0.927. The van der Waals surface area contributed by atoms with Crippen molar-refractivity contribution in [2.75, 3.05) is 5.75 Å². The predicted molar refractivity (Wildman–Crippen MR) is 108 cm³/mol. The van der Waals surface area contributed by atoms with Gasteiger partial charge in [-0.05, 0) is 13.0 Å². The number of hydrogen-bond donors (Lipinski definition) is 0. The summed E-state index contributed by atoms with van der Waals surface area (Å²) < 4.78 is 10.8. The van der Waals surface area contributed by atoms with Gasteiger partial charge in [-0.1, -0.05) is 42.1 Å². The highest BCUT2D eigenvalue weighted by Gasteiger charge is 2.25. The van der Waals surface area contributed by atoms with Gasteiger partial charge in [0.05, 0.1) is 29.3 Å². The van der Waals surface area contributed by atoms with E-state index in [2.05, 4.69) is 21.3 Å². The second kappa shape index (κ2) is 8.43. The van der Waals surface area contributed by atoms with Crippen LogP contribution < -0.4 is 0 Å². The van der Waals surface area contributed by atoms with Crippen molar-refractivity contribution in [1.82, 2.24) is 15.2 Å². The van der Waals surface area contributed by atoms with Gasteiger partial charge >= 0.3 is 0 Å². The van der Waals surface area contributed by atoms with E-state index in [0.29, 0.717) is 22.2 Å². The van der Waals surface area contributed by atoms with E-state index >= 15 is 0 Å². The average molecular weight is 422 g/mol. The Balaban J connectivity index is 1.43. The van der Waals surface area contributed by atoms with E-state index in [1.807, 2.05) is 35.7 Å². The summed E-state index contributed by atoms with van der Waals surface area (Å²) in [5, 5.41) is 20.0. The minimum Gasteiger partial charge on any atom is -0.469 e. The van der Waals surface area contributed by atoms with E-state index in [0.717, 1.165) is 23.0 Å². The fourth-order valence-corrected chi connectivity index (χ4v) is 4.19. The average Bonchev–Trinajstić information content (AvgIpc) is 3.48. The Kier molecular flexibility index (Phi) is 5.55. The molecule has 1 atom stereocenters. The Labute approximate surface area is 174 Å². The first-order valence-electron chi connectivity index (χ1n) is 8.59. The molecule has 0 amide bonds. The van der Waals surface area contributed by atoms with Crippen LogP contribution in [-0.4, -0.2) is 26.7 Å². The van der Waals surface area contributed by atoms with E-state index in [1.165, 1.54) is 11.3 Å². The molecule has 0 aliphatic heterocycles. The molecule has 0 bridgehead atoms. The van der Waals surface area contributed by atoms with Crippen molar-refractivity contribution < 1.29 is 13.6 Å². The molecule has 0 radical (unpaired) electrons. The Hall–Kier alpha value is -3.22. The second-order valence-electron chi connectivity index (χ2n) is 6.02. The monoisotopic (exact) mass is 422 g/mol. The minimum absolute atomic E-state index is 0.0322. The Morgan fingerprint density at radius 1 is 1.28 bits per heavy atom. The Morgan fingerprint density at radius 2 is 2.10 bits per heavy atom. The number of thiazole rings is 1. The molecule has 1 aromatic carbocycles. The maximum absolute atomic E-state index is 12.6. The lowest BCUT2D eigenvalue weighted by Crippen LogP contribution is -2.13. The Morgan fingerprint density at radius 3 is 2.83 bits per heavy atom. The zero-order valence-electron chi connectivity index (χ0n) is 15.2. The highest BCUT2D eigenvalue weighted by Crippen LogP contribution is 2.30. The summed E-state index contributed by atoms with van der Waals surface area (Å²) in [5.41, 5.74) is 2.41. The first-order chi connectivity index (χ1) is 14.2. The molecule has 144 valence electrons. The molecule has 0 spiro atoms. The van der Waals surface area contributed by atoms with Gasteiger partial charge in [0.1, 0.15) is 10.8 Å². The van der Waals surface area contributed by atoms with Crippen molar-refractivity contribution in [2.45, 2.75) is 18.1 Å². The number of carbonyl (C=O) groups excluding carboxylic acids is 1. The summed E-state index contributed by atoms with van der Waals surface area (Å²) in [6.45, 7) is 1.80. The van der Waals surface area contributed by atoms with Gasteiger partial charge in [0.25, 0.3) is 11.1 Å². The van der Waals surface area contributed by atoms with Gasteiger partial charge in [0.2, 0.25) is 0 Å². The van der Waals surface area contributed by atoms with Crippen molar-refractivity contribution in [3.8, 4) is 28.8 Å². The molecular formula is C20H14N4O3S2. The van der Waals surface area contributed by atoms with Gasteiger partial charge in [-0.25, -0.2) is 4.98 Å². The normalized spacial score (nSPS) is 11.9. The molecule has 0 saturated carbocycles. The SMILES string of the molecule is Cc1occc1-c1nnc(SCC(=O)C(C#N)c2nc(-c3ccccc3)cs2)o1. The number of aromatic nitrogens is 3. The van der Waals surface area contributed by atoms with Gasteiger partial charge in [-0.15, -0.1) is 21.5 Å². The van der Waals surface area contributed by atoms with Crippen LogP contribution in [0.15, 0.2) is 62.1 Å². The third-order valence-corrected chi connectivity index (χ3v) is 5.87. The third-order valence-electron chi connectivity index (χ3n) is 4.12. The molecule has 7 nitrogen and oxygen atoms in total. The highest BCUT2D eigenvalue weighted by molar-refractivity contribution is 7.99. The van der Waals surface area contributed by atoms with Crippen molar-refractivity contribution in [3.05, 3.63) is 58.8 Å². The molecule has 9 heteroatoms. The molecule has 3 heterocycles. The van der Waals surface area contributed by atoms with E-state index in [9.17, 15) is 10.1 Å². The van der Waals surface area contributed by atoms with Crippen molar-refractivity contribution in [3.63, 3.8) is 0 Å². The summed E-state index contributed by atoms with van der Waals surface area (Å²) in [5.74, 6) is -0.154. The summed E-state index contributed by atoms with van der Waals surface area (Å²) in [7, 11) is 0. The van der Waals surface area contributed by atoms with Crippen LogP contribution in [0.2, 0.25) is 0 Å². The van der Waals surface area contributed by atoms with E-state index in [1.54, 1.807) is 19.3 Å². The first kappa shape index (κ1) is 19.1. The number of nitriles is 1. The van der Waals surface area contributed by atoms with Crippen LogP contribution in [0.3, 0.4) is 0 Å². The lowest BCUT2D eigenvalue weighted by molar-refractivity contribution is -0.116. The molecule has 0 fully saturated rings. The molecule has 1 unspecified atom stereocenters. The van der Waals surface area contributed by atoms with Gasteiger partial charge in [-0.3, -0.25) is 4.79 Å². The predicted octanol–water partition coefficient (Wildman–Crippen LogP) is 4.73. The van der Waals surface area contributed by atoms with Crippen LogP contribution >= 0.6 is 23.1 Å². The van der Waals surface area contributed by atoms with Crippen molar-refractivity contribution in [2.24, 2.45) is 0 Å². The molecule has 4 rings (SSSR count). The number of hydrogen-bond acceptors (Lipinski definition) is 9. The van der Waals surface area contributed by atoms with Crippen LogP contribution in [0.25, 0.3) is 22.7 Å². The molecule has 29 heavy (non-hydrogen) atoms. The molecule has 0 saturated heterocycles. The van der Waals surface area contributed by atoms with Gasteiger partial charge < -0.3 is 8.83 Å². The summed E-state index contributed by atoms with van der Waals surface area (Å²) in [6.07, 6.45) is 1.54. The largest absolute Gasteiger partial charge is 0.469 e. The molecule has 0 aliphatic rings. The van der Waals surface area contributed by atoms with E-state index in [4.69, 9.17) is 8.83 Å². The molecule has 0 N–H and O–H groups in total. The number of Topliss-reactive ketones (excluding diaryl/α,β-unsaturated/α-hetero) is 1. The number of benzene rings is 1. The molecular weight excluding hydrogens is 408 g/mol. The maximum atomic E-state index is 12.6. The van der Waals surface area contributed by atoms with Crippen molar-refractivity contribution >= 4 is 28.9 Å². The van der Waals surface area contributed by atoms with E-state index in [-0.39, 0.29) is 16.8 Å². The number of rotatable bonds is 7. The summed E-state index contributed by atoms with van der Waals surface area (Å²) in [6, 6.07) is 13.4. The topological polar surface area (TPSA) is 106 Å². The number of carbonyl (C=O) groups is 1. The third kappa shape index (κ3) is 4.13. The number of nitrogens with zero attached hydrogens (tertiary/aromatic N) is 4. The van der Waals surface area contributed by atoms with Crippen LogP contribution in [-0.2, 0) is 4.79 Å². The lowest BCUT2D eigenvalue weighted by Gasteiger charge is -2.03. The summed E-state index contributed by atoms with van der Waals surface area (Å²) in [4.78, 5) is 17.1. The van der Waals surface area contributed by atoms with Crippen LogP contribution in [0, 0.1) is 18.3 Å². The molecule has 0 aliphatic carbocycles. The van der Waals surface area contributed by atoms with Gasteiger partial charge in [0.15, 0.2) is 11.7 Å². The lowest BCUT2D eigenvalue weighted by atomic mass is 10.1. The maximum Gasteiger partial charge on any atom is 0.277 e. The first-order valence-corrected chi connectivity index (χ1v) is 10.5. The van der Waals surface area contributed by atoms with Gasteiger partial charge in [0, 0.05) is 10.9 Å². The highest BCUT2D eigenvalue weighted by atomic mass is 32.2. The van der Waals surface area contributed by atoms with Crippen LogP contribution in [0.5, 0.6) is 0 Å². The number of ketones is 1. The molecule has 4 aromatic rings. The summed E-state index contributed by atoms with van der Waals surface area (Å²) >= 11 is 2.40. The zero-order chi connectivity index (χ0) is 20.2. The van der Waals surface area contributed by atoms with Crippen LogP contribution in [0.1, 0.15) is 16.7 Å². The fraction of sp³-hybridized carbons (Fsp3) is 0.150.